The van der Waals surface area contributed by atoms with E-state index in [0.717, 1.165) is 11.4 Å². The van der Waals surface area contributed by atoms with Gasteiger partial charge in [0.05, 0.1) is 6.54 Å². The molecule has 0 aliphatic carbocycles. The van der Waals surface area contributed by atoms with Gasteiger partial charge in [-0.1, -0.05) is 18.2 Å². The Morgan fingerprint density at radius 2 is 1.75 bits per heavy atom. The fourth-order valence-corrected chi connectivity index (χ4v) is 3.05. The lowest BCUT2D eigenvalue weighted by Gasteiger charge is -2.21. The molecule has 0 bridgehead atoms. The average Bonchev–Trinajstić information content (AvgIpc) is 3.10. The largest absolute Gasteiger partial charge is 0.301 e. The third-order valence-corrected chi connectivity index (χ3v) is 4.37. The van der Waals surface area contributed by atoms with Crippen molar-refractivity contribution in [3.63, 3.8) is 0 Å². The first kappa shape index (κ1) is 17.8. The molecule has 0 atom stereocenters. The predicted molar refractivity (Wildman–Crippen MR) is 104 cm³/mol. The summed E-state index contributed by atoms with van der Waals surface area (Å²) in [6, 6.07) is 16.6. The Hall–Kier alpha value is -3.61. The lowest BCUT2D eigenvalue weighted by atomic mass is 10.1. The van der Waals surface area contributed by atoms with Crippen molar-refractivity contribution >= 4 is 17.4 Å². The monoisotopic (exact) mass is 375 g/mol. The zero-order valence-corrected chi connectivity index (χ0v) is 15.5. The molecule has 0 radical (unpaired) electrons. The van der Waals surface area contributed by atoms with Crippen LogP contribution in [0.15, 0.2) is 60.7 Å². The van der Waals surface area contributed by atoms with Gasteiger partial charge in [-0.3, -0.25) is 4.79 Å². The van der Waals surface area contributed by atoms with Crippen LogP contribution in [0, 0.1) is 19.7 Å². The van der Waals surface area contributed by atoms with Gasteiger partial charge in [0.2, 0.25) is 0 Å². The summed E-state index contributed by atoms with van der Waals surface area (Å²) in [4.78, 5) is 23.5. The number of benzene rings is 2. The lowest BCUT2D eigenvalue weighted by molar-refractivity contribution is 0.0984. The van der Waals surface area contributed by atoms with E-state index in [0.29, 0.717) is 22.9 Å². The maximum absolute atomic E-state index is 13.4. The quantitative estimate of drug-likeness (QED) is 0.545. The highest BCUT2D eigenvalue weighted by molar-refractivity contribution is 6.05. The van der Waals surface area contributed by atoms with Crippen LogP contribution < -0.4 is 4.90 Å². The Kier molecular flexibility index (Phi) is 4.57. The lowest BCUT2D eigenvalue weighted by Crippen LogP contribution is -2.31. The second-order valence-corrected chi connectivity index (χ2v) is 6.51. The number of hydrogen-bond acceptors (Lipinski definition) is 4. The van der Waals surface area contributed by atoms with Crippen molar-refractivity contribution in [2.24, 2.45) is 0 Å². The Morgan fingerprint density at radius 1 is 1.04 bits per heavy atom. The molecule has 0 saturated carbocycles. The maximum Gasteiger partial charge on any atom is 0.258 e. The van der Waals surface area contributed by atoms with Crippen LogP contribution in [-0.4, -0.2) is 25.5 Å². The van der Waals surface area contributed by atoms with E-state index in [4.69, 9.17) is 0 Å². The first-order valence-corrected chi connectivity index (χ1v) is 8.83. The van der Waals surface area contributed by atoms with Gasteiger partial charge in [-0.05, 0) is 56.3 Å². The summed E-state index contributed by atoms with van der Waals surface area (Å²) in [5.74, 6) is 0.359. The van der Waals surface area contributed by atoms with Crippen molar-refractivity contribution < 1.29 is 9.18 Å². The van der Waals surface area contributed by atoms with Gasteiger partial charge in [-0.2, -0.15) is 4.98 Å². The second-order valence-electron chi connectivity index (χ2n) is 6.51. The number of carbonyl (C=O) groups is 1. The molecule has 7 heteroatoms. The van der Waals surface area contributed by atoms with Gasteiger partial charge >= 0.3 is 0 Å². The number of nitrogens with zero attached hydrogens (tertiary/aromatic N) is 5. The van der Waals surface area contributed by atoms with Gasteiger partial charge < -0.3 is 4.90 Å². The molecule has 0 unspecified atom stereocenters. The Bertz CT molecular complexity index is 1140. The molecule has 4 rings (SSSR count). The molecule has 0 spiro atoms. The highest BCUT2D eigenvalue weighted by Crippen LogP contribution is 2.20. The van der Waals surface area contributed by atoms with Crippen LogP contribution in [0.1, 0.15) is 27.6 Å². The van der Waals surface area contributed by atoms with E-state index in [2.05, 4.69) is 15.1 Å². The number of amides is 1. The molecule has 2 aromatic carbocycles. The number of aromatic nitrogens is 4. The number of carbonyl (C=O) groups excluding carboxylic acids is 1. The van der Waals surface area contributed by atoms with E-state index < -0.39 is 0 Å². The fraction of sp³-hybridized carbons (Fsp3) is 0.143. The van der Waals surface area contributed by atoms with E-state index in [1.165, 1.54) is 17.0 Å². The third kappa shape index (κ3) is 3.46. The first-order chi connectivity index (χ1) is 13.5. The van der Waals surface area contributed by atoms with Crippen LogP contribution in [0.5, 0.6) is 0 Å². The van der Waals surface area contributed by atoms with Gasteiger partial charge in [0.25, 0.3) is 11.7 Å². The minimum atomic E-state index is -0.364. The van der Waals surface area contributed by atoms with Crippen LogP contribution >= 0.6 is 0 Å². The van der Waals surface area contributed by atoms with Gasteiger partial charge in [0.1, 0.15) is 5.82 Å². The van der Waals surface area contributed by atoms with Crippen molar-refractivity contribution in [1.82, 2.24) is 19.6 Å². The molecular weight excluding hydrogens is 357 g/mol. The molecule has 0 N–H and O–H groups in total. The normalized spacial score (nSPS) is 11.0. The summed E-state index contributed by atoms with van der Waals surface area (Å²) < 4.78 is 15.0. The van der Waals surface area contributed by atoms with Gasteiger partial charge in [0.15, 0.2) is 5.82 Å². The zero-order chi connectivity index (χ0) is 19.7. The van der Waals surface area contributed by atoms with Crippen molar-refractivity contribution in [2.75, 3.05) is 4.90 Å². The van der Waals surface area contributed by atoms with Gasteiger partial charge in [-0.25, -0.2) is 13.9 Å². The van der Waals surface area contributed by atoms with Crippen LogP contribution in [0.4, 0.5) is 10.1 Å². The summed E-state index contributed by atoms with van der Waals surface area (Å²) in [6.45, 7) is 3.96. The Morgan fingerprint density at radius 3 is 2.46 bits per heavy atom. The highest BCUT2D eigenvalue weighted by atomic mass is 19.1. The van der Waals surface area contributed by atoms with E-state index in [1.807, 2.05) is 26.0 Å². The number of halogens is 1. The smallest absolute Gasteiger partial charge is 0.258 e. The minimum Gasteiger partial charge on any atom is -0.301 e. The highest BCUT2D eigenvalue weighted by Gasteiger charge is 2.21. The van der Waals surface area contributed by atoms with E-state index in [9.17, 15) is 9.18 Å². The van der Waals surface area contributed by atoms with Crippen molar-refractivity contribution in [3.8, 4) is 0 Å². The second kappa shape index (κ2) is 7.19. The molecule has 0 aliphatic rings. The molecule has 2 aromatic heterocycles. The molecule has 28 heavy (non-hydrogen) atoms. The summed E-state index contributed by atoms with van der Waals surface area (Å²) in [5, 5.41) is 4.49. The van der Waals surface area contributed by atoms with E-state index >= 15 is 0 Å². The predicted octanol–water partition coefficient (Wildman–Crippen LogP) is 3.73. The average molecular weight is 375 g/mol. The molecule has 4 aromatic rings. The first-order valence-electron chi connectivity index (χ1n) is 8.83. The molecular formula is C21H18FN5O. The topological polar surface area (TPSA) is 63.4 Å². The standard InChI is InChI=1S/C21H18FN5O/c1-14-12-15(2)27-21(23-14)24-19(25-27)13-26(18-10-8-17(22)9-11-18)20(28)16-6-4-3-5-7-16/h3-12H,13H2,1-2H3. The molecule has 1 amide bonds. The van der Waals surface area contributed by atoms with E-state index in [1.54, 1.807) is 40.9 Å². The van der Waals surface area contributed by atoms with Crippen LogP contribution in [0.2, 0.25) is 0 Å². The Labute approximate surface area is 161 Å². The van der Waals surface area contributed by atoms with Crippen LogP contribution in [0.25, 0.3) is 5.78 Å². The molecule has 0 saturated heterocycles. The van der Waals surface area contributed by atoms with Crippen molar-refractivity contribution in [2.45, 2.75) is 20.4 Å². The number of fused-ring (bicyclic) bond motifs is 1. The zero-order valence-electron chi connectivity index (χ0n) is 15.5. The maximum atomic E-state index is 13.4. The molecule has 2 heterocycles. The molecule has 140 valence electrons. The number of anilines is 1. The minimum absolute atomic E-state index is 0.140. The number of rotatable bonds is 4. The van der Waals surface area contributed by atoms with Crippen LogP contribution in [0.3, 0.4) is 0 Å². The summed E-state index contributed by atoms with van der Waals surface area (Å²) in [5.41, 5.74) is 2.85. The van der Waals surface area contributed by atoms with Gasteiger partial charge in [0, 0.05) is 22.6 Å². The SMILES string of the molecule is Cc1cc(C)n2nc(CN(C(=O)c3ccccc3)c3ccc(F)cc3)nc2n1. The number of hydrogen-bond donors (Lipinski definition) is 0. The van der Waals surface area contributed by atoms with Crippen molar-refractivity contribution in [1.29, 1.82) is 0 Å². The van der Waals surface area contributed by atoms with Crippen LogP contribution in [-0.2, 0) is 6.54 Å². The fourth-order valence-electron chi connectivity index (χ4n) is 3.05. The summed E-state index contributed by atoms with van der Waals surface area (Å²) in [7, 11) is 0. The molecule has 0 fully saturated rings. The summed E-state index contributed by atoms with van der Waals surface area (Å²) in [6.07, 6.45) is 0. The van der Waals surface area contributed by atoms with Crippen molar-refractivity contribution in [3.05, 3.63) is 89.3 Å². The molecule has 0 aliphatic heterocycles. The third-order valence-electron chi connectivity index (χ3n) is 4.37. The molecule has 6 nitrogen and oxygen atoms in total. The Balaban J connectivity index is 1.74. The van der Waals surface area contributed by atoms with E-state index in [-0.39, 0.29) is 18.3 Å². The van der Waals surface area contributed by atoms with Gasteiger partial charge in [-0.15, -0.1) is 5.10 Å². The summed E-state index contributed by atoms with van der Waals surface area (Å²) >= 11 is 0. The number of aryl methyl sites for hydroxylation is 2.